The predicted molar refractivity (Wildman–Crippen MR) is 93.4 cm³/mol. The van der Waals surface area contributed by atoms with E-state index in [-0.39, 0.29) is 28.7 Å². The maximum atomic E-state index is 14.0. The van der Waals surface area contributed by atoms with E-state index in [4.69, 9.17) is 0 Å². The number of nitrogens with zero attached hydrogens (tertiary/aromatic N) is 1. The highest BCUT2D eigenvalue weighted by molar-refractivity contribution is 7.91. The zero-order chi connectivity index (χ0) is 17.2. The number of aliphatic imine (C=N–C) groups is 1. The largest absolute Gasteiger partial charge is 0.356 e. The smallest absolute Gasteiger partial charge is 0.191 e. The van der Waals surface area contributed by atoms with Crippen molar-refractivity contribution >= 4 is 15.8 Å². The van der Waals surface area contributed by atoms with E-state index in [2.05, 4.69) is 15.6 Å². The van der Waals surface area contributed by atoms with Gasteiger partial charge in [0, 0.05) is 25.6 Å². The van der Waals surface area contributed by atoms with Crippen LogP contribution in [0.4, 0.5) is 4.39 Å². The lowest BCUT2D eigenvalue weighted by molar-refractivity contribution is 0.548. The Hall–Kier alpha value is -1.63. The zero-order valence-electron chi connectivity index (χ0n) is 13.9. The monoisotopic (exact) mass is 353 g/mol. The van der Waals surface area contributed by atoms with Gasteiger partial charge in [0.2, 0.25) is 0 Å². The standard InChI is InChI=1S/C17H24FN3O2S/c1-19-16(20-10-13-6-9-24(22,23)11-13)21-12-17(7-8-17)14-4-2-3-5-15(14)18/h2-5,13H,6-12H2,1H3,(H2,19,20,21). The maximum Gasteiger partial charge on any atom is 0.191 e. The molecule has 0 bridgehead atoms. The molecule has 0 radical (unpaired) electrons. The van der Waals surface area contributed by atoms with E-state index in [0.29, 0.717) is 25.5 Å². The van der Waals surface area contributed by atoms with Crippen LogP contribution in [-0.4, -0.2) is 46.0 Å². The van der Waals surface area contributed by atoms with Gasteiger partial charge < -0.3 is 10.6 Å². The number of nitrogens with one attached hydrogen (secondary N) is 2. The van der Waals surface area contributed by atoms with Gasteiger partial charge in [-0.1, -0.05) is 18.2 Å². The highest BCUT2D eigenvalue weighted by Gasteiger charge is 2.45. The Morgan fingerprint density at radius 2 is 2.08 bits per heavy atom. The number of benzene rings is 1. The van der Waals surface area contributed by atoms with E-state index in [1.165, 1.54) is 6.07 Å². The number of sulfone groups is 1. The fourth-order valence-corrected chi connectivity index (χ4v) is 5.19. The topological polar surface area (TPSA) is 70.6 Å². The van der Waals surface area contributed by atoms with E-state index in [1.807, 2.05) is 12.1 Å². The summed E-state index contributed by atoms with van der Waals surface area (Å²) >= 11 is 0. The number of hydrogen-bond donors (Lipinski definition) is 2. The van der Waals surface area contributed by atoms with Crippen molar-refractivity contribution in [3.63, 3.8) is 0 Å². The first kappa shape index (κ1) is 17.2. The lowest BCUT2D eigenvalue weighted by Crippen LogP contribution is -2.43. The molecule has 0 amide bonds. The molecule has 2 fully saturated rings. The first-order valence-electron chi connectivity index (χ1n) is 8.34. The van der Waals surface area contributed by atoms with Crippen molar-refractivity contribution in [2.75, 3.05) is 31.6 Å². The Morgan fingerprint density at radius 1 is 1.33 bits per heavy atom. The quantitative estimate of drug-likeness (QED) is 0.621. The molecule has 1 aliphatic heterocycles. The summed E-state index contributed by atoms with van der Waals surface area (Å²) in [6.45, 7) is 1.21. The van der Waals surface area contributed by atoms with Crippen molar-refractivity contribution < 1.29 is 12.8 Å². The molecule has 3 rings (SSSR count). The molecule has 1 saturated heterocycles. The van der Waals surface area contributed by atoms with Gasteiger partial charge in [-0.3, -0.25) is 4.99 Å². The van der Waals surface area contributed by atoms with Crippen molar-refractivity contribution in [1.82, 2.24) is 10.6 Å². The average molecular weight is 353 g/mol. The van der Waals surface area contributed by atoms with Crippen LogP contribution in [0.25, 0.3) is 0 Å². The molecule has 1 aromatic rings. The second kappa shape index (κ2) is 6.70. The third-order valence-electron chi connectivity index (χ3n) is 5.00. The summed E-state index contributed by atoms with van der Waals surface area (Å²) in [7, 11) is -1.17. The maximum absolute atomic E-state index is 14.0. The summed E-state index contributed by atoms with van der Waals surface area (Å²) in [5, 5.41) is 6.46. The first-order chi connectivity index (χ1) is 11.4. The molecule has 2 N–H and O–H groups in total. The molecule has 2 aliphatic rings. The van der Waals surface area contributed by atoms with Gasteiger partial charge in [-0.05, 0) is 36.8 Å². The number of guanidine groups is 1. The molecule has 0 aromatic heterocycles. The molecular formula is C17H24FN3O2S. The minimum absolute atomic E-state index is 0.134. The fourth-order valence-electron chi connectivity index (χ4n) is 3.33. The molecule has 1 aromatic carbocycles. The van der Waals surface area contributed by atoms with Crippen LogP contribution in [-0.2, 0) is 15.3 Å². The highest BCUT2D eigenvalue weighted by Crippen LogP contribution is 2.48. The van der Waals surface area contributed by atoms with Gasteiger partial charge in [0.25, 0.3) is 0 Å². The van der Waals surface area contributed by atoms with Gasteiger partial charge in [0.1, 0.15) is 5.82 Å². The summed E-state index contributed by atoms with van der Waals surface area (Å²) < 4.78 is 37.0. The van der Waals surface area contributed by atoms with E-state index >= 15 is 0 Å². The summed E-state index contributed by atoms with van der Waals surface area (Å²) in [4.78, 5) is 4.18. The van der Waals surface area contributed by atoms with Gasteiger partial charge in [0.15, 0.2) is 15.8 Å². The van der Waals surface area contributed by atoms with Crippen LogP contribution >= 0.6 is 0 Å². The van der Waals surface area contributed by atoms with Crippen molar-refractivity contribution in [2.24, 2.45) is 10.9 Å². The molecular weight excluding hydrogens is 329 g/mol. The van der Waals surface area contributed by atoms with Crippen molar-refractivity contribution in [3.05, 3.63) is 35.6 Å². The Bertz CT molecular complexity index is 729. The van der Waals surface area contributed by atoms with Gasteiger partial charge in [-0.15, -0.1) is 0 Å². The Balaban J connectivity index is 1.53. The van der Waals surface area contributed by atoms with E-state index < -0.39 is 9.84 Å². The number of hydrogen-bond acceptors (Lipinski definition) is 3. The predicted octanol–water partition coefficient (Wildman–Crippen LogP) is 1.46. The van der Waals surface area contributed by atoms with E-state index in [9.17, 15) is 12.8 Å². The second-order valence-corrected chi connectivity index (χ2v) is 9.06. The van der Waals surface area contributed by atoms with Gasteiger partial charge in [-0.25, -0.2) is 12.8 Å². The van der Waals surface area contributed by atoms with Gasteiger partial charge in [-0.2, -0.15) is 0 Å². The lowest BCUT2D eigenvalue weighted by Gasteiger charge is -2.20. The van der Waals surface area contributed by atoms with Crippen molar-refractivity contribution in [1.29, 1.82) is 0 Å². The molecule has 1 heterocycles. The number of halogens is 1. The van der Waals surface area contributed by atoms with Crippen molar-refractivity contribution in [2.45, 2.75) is 24.7 Å². The first-order valence-corrected chi connectivity index (χ1v) is 10.2. The van der Waals surface area contributed by atoms with Crippen LogP contribution in [0.5, 0.6) is 0 Å². The lowest BCUT2D eigenvalue weighted by atomic mass is 9.95. The molecule has 1 saturated carbocycles. The summed E-state index contributed by atoms with van der Waals surface area (Å²) in [5.41, 5.74) is 0.606. The van der Waals surface area contributed by atoms with Crippen LogP contribution in [0.3, 0.4) is 0 Å². The second-order valence-electron chi connectivity index (χ2n) is 6.84. The average Bonchev–Trinajstić information content (AvgIpc) is 3.25. The molecule has 1 atom stereocenters. The SMILES string of the molecule is CN=C(NCC1CCS(=O)(=O)C1)NCC1(c2ccccc2F)CC1. The van der Waals surface area contributed by atoms with Crippen LogP contribution < -0.4 is 10.6 Å². The molecule has 1 unspecified atom stereocenters. The minimum atomic E-state index is -2.86. The van der Waals surface area contributed by atoms with Gasteiger partial charge >= 0.3 is 0 Å². The van der Waals surface area contributed by atoms with E-state index in [1.54, 1.807) is 13.1 Å². The molecule has 24 heavy (non-hydrogen) atoms. The Morgan fingerprint density at radius 3 is 2.67 bits per heavy atom. The third kappa shape index (κ3) is 3.88. The number of rotatable bonds is 5. The molecule has 7 heteroatoms. The summed E-state index contributed by atoms with van der Waals surface area (Å²) in [6, 6.07) is 6.93. The zero-order valence-corrected chi connectivity index (χ0v) is 14.7. The van der Waals surface area contributed by atoms with Crippen LogP contribution in [0.1, 0.15) is 24.8 Å². The fraction of sp³-hybridized carbons (Fsp3) is 0.588. The molecule has 1 aliphatic carbocycles. The summed E-state index contributed by atoms with van der Waals surface area (Å²) in [6.07, 6.45) is 2.61. The normalized spacial score (nSPS) is 24.6. The van der Waals surface area contributed by atoms with Crippen LogP contribution in [0.15, 0.2) is 29.3 Å². The summed E-state index contributed by atoms with van der Waals surface area (Å²) in [5.74, 6) is 1.14. The van der Waals surface area contributed by atoms with Crippen LogP contribution in [0, 0.1) is 11.7 Å². The van der Waals surface area contributed by atoms with E-state index in [0.717, 1.165) is 18.4 Å². The minimum Gasteiger partial charge on any atom is -0.356 e. The van der Waals surface area contributed by atoms with Gasteiger partial charge in [0.05, 0.1) is 11.5 Å². The highest BCUT2D eigenvalue weighted by atomic mass is 32.2. The third-order valence-corrected chi connectivity index (χ3v) is 6.84. The Labute approximate surface area is 142 Å². The molecule has 5 nitrogen and oxygen atoms in total. The molecule has 132 valence electrons. The van der Waals surface area contributed by atoms with Crippen LogP contribution in [0.2, 0.25) is 0 Å². The Kier molecular flexibility index (Phi) is 4.80. The van der Waals surface area contributed by atoms with Crippen molar-refractivity contribution in [3.8, 4) is 0 Å². The molecule has 0 spiro atoms.